The molecule has 4 heterocycles. The van der Waals surface area contributed by atoms with Crippen LogP contribution < -0.4 is 4.74 Å². The van der Waals surface area contributed by atoms with Crippen molar-refractivity contribution in [2.24, 2.45) is 9.98 Å². The summed E-state index contributed by atoms with van der Waals surface area (Å²) < 4.78 is 8.81. The molecule has 56 heavy (non-hydrogen) atoms. The Bertz CT molecular complexity index is 3000. The molecule has 0 saturated heterocycles. The van der Waals surface area contributed by atoms with Crippen molar-refractivity contribution in [1.29, 1.82) is 0 Å². The maximum absolute atomic E-state index is 6.46. The average molecular weight is 738 g/mol. The number of ether oxygens (including phenoxy) is 1. The Kier molecular flexibility index (Phi) is 7.70. The number of rotatable bonds is 6. The Morgan fingerprint density at radius 3 is 1.71 bits per heavy atom. The van der Waals surface area contributed by atoms with E-state index in [4.69, 9.17) is 29.7 Å². The van der Waals surface area contributed by atoms with Crippen LogP contribution in [0.2, 0.25) is 0 Å². The van der Waals surface area contributed by atoms with Gasteiger partial charge in [0, 0.05) is 48.0 Å². The average Bonchev–Trinajstić information content (AvgIpc) is 3.84. The van der Waals surface area contributed by atoms with Gasteiger partial charge >= 0.3 is 0 Å². The van der Waals surface area contributed by atoms with Crippen molar-refractivity contribution in [1.82, 2.24) is 15.0 Å². The first-order chi connectivity index (χ1) is 27.7. The minimum atomic E-state index is -0.267. The molecule has 11 rings (SSSR count). The molecular weight excluding hydrogens is 707 g/mol. The molecule has 0 amide bonds. The lowest BCUT2D eigenvalue weighted by molar-refractivity contribution is 0.275. The summed E-state index contributed by atoms with van der Waals surface area (Å²) >= 11 is 1.77. The van der Waals surface area contributed by atoms with Crippen LogP contribution in [0.4, 0.5) is 0 Å². The first kappa shape index (κ1) is 32.3. The third-order valence-electron chi connectivity index (χ3n) is 10.5. The molecule has 6 nitrogen and oxygen atoms in total. The van der Waals surface area contributed by atoms with E-state index in [0.717, 1.165) is 55.8 Å². The van der Waals surface area contributed by atoms with Crippen molar-refractivity contribution in [2.45, 2.75) is 12.1 Å². The normalized spacial score (nSPS) is 15.9. The number of amidine groups is 1. The van der Waals surface area contributed by atoms with Crippen LogP contribution in [0.1, 0.15) is 22.7 Å². The fourth-order valence-corrected chi connectivity index (χ4v) is 8.83. The Labute approximate surface area is 327 Å². The van der Waals surface area contributed by atoms with Crippen molar-refractivity contribution >= 4 is 43.1 Å². The predicted molar refractivity (Wildman–Crippen MR) is 228 cm³/mol. The Balaban J connectivity index is 0.988. The van der Waals surface area contributed by atoms with E-state index in [1.807, 2.05) is 66.7 Å². The standard InChI is InChI=1S/C49H31N5OS/c1-4-12-30(13-5-1)31-20-22-34(23-21-31)47-52-46(33-16-8-3-9-17-33)53-49(54-47)35-25-27-41-39(28-35)37-26-24-36(29-42(37)56-41)48-50-43(32-14-6-2-7-15-32)45-44(51-48)38-18-10-11-19-40(38)55-45/h1-29,44-45H. The van der Waals surface area contributed by atoms with E-state index < -0.39 is 0 Å². The highest BCUT2D eigenvalue weighted by molar-refractivity contribution is 7.25. The molecule has 2 atom stereocenters. The van der Waals surface area contributed by atoms with Gasteiger partial charge in [0.25, 0.3) is 0 Å². The van der Waals surface area contributed by atoms with Crippen molar-refractivity contribution in [3.05, 3.63) is 193 Å². The van der Waals surface area contributed by atoms with Gasteiger partial charge in [-0.3, -0.25) is 4.99 Å². The third-order valence-corrected chi connectivity index (χ3v) is 11.6. The van der Waals surface area contributed by atoms with Gasteiger partial charge in [0.15, 0.2) is 29.4 Å². The number of thiophene rings is 1. The molecule has 9 aromatic rings. The van der Waals surface area contributed by atoms with Gasteiger partial charge in [0.05, 0.1) is 5.71 Å². The SMILES string of the molecule is c1ccc(C2=NC(c3ccc4c(c3)sc3ccc(-c5nc(-c6ccccc6)nc(-c6ccc(-c7ccccc7)cc6)n5)cc34)=NC3c4ccccc4OC23)cc1. The van der Waals surface area contributed by atoms with E-state index in [2.05, 4.69) is 109 Å². The molecule has 0 aliphatic carbocycles. The van der Waals surface area contributed by atoms with Crippen LogP contribution in [0, 0.1) is 0 Å². The summed E-state index contributed by atoms with van der Waals surface area (Å²) in [6.07, 6.45) is -0.267. The second-order valence-corrected chi connectivity index (χ2v) is 15.1. The van der Waals surface area contributed by atoms with Crippen LogP contribution in [-0.4, -0.2) is 32.6 Å². The van der Waals surface area contributed by atoms with E-state index in [1.165, 1.54) is 20.3 Å². The predicted octanol–water partition coefficient (Wildman–Crippen LogP) is 11.7. The number of hydrogen-bond donors (Lipinski definition) is 0. The first-order valence-corrected chi connectivity index (χ1v) is 19.5. The molecule has 2 aromatic heterocycles. The quantitative estimate of drug-likeness (QED) is 0.170. The van der Waals surface area contributed by atoms with Gasteiger partial charge in [0.1, 0.15) is 11.8 Å². The van der Waals surface area contributed by atoms with Crippen molar-refractivity contribution in [3.8, 4) is 51.0 Å². The second-order valence-electron chi connectivity index (χ2n) is 14.0. The van der Waals surface area contributed by atoms with Crippen LogP contribution in [0.15, 0.2) is 186 Å². The van der Waals surface area contributed by atoms with Crippen LogP contribution in [0.5, 0.6) is 5.75 Å². The minimum absolute atomic E-state index is 0.164. The maximum atomic E-state index is 6.46. The van der Waals surface area contributed by atoms with E-state index >= 15 is 0 Å². The summed E-state index contributed by atoms with van der Waals surface area (Å²) in [6, 6.07) is 60.3. The van der Waals surface area contributed by atoms with E-state index in [9.17, 15) is 0 Å². The van der Waals surface area contributed by atoms with Gasteiger partial charge in [-0.1, -0.05) is 146 Å². The largest absolute Gasteiger partial charge is 0.481 e. The highest BCUT2D eigenvalue weighted by Gasteiger charge is 2.41. The lowest BCUT2D eigenvalue weighted by Crippen LogP contribution is -2.33. The second kappa shape index (κ2) is 13.3. The number of para-hydroxylation sites is 1. The fourth-order valence-electron chi connectivity index (χ4n) is 7.70. The lowest BCUT2D eigenvalue weighted by Gasteiger charge is -2.24. The number of aliphatic imine (C=N–C) groups is 2. The van der Waals surface area contributed by atoms with Gasteiger partial charge < -0.3 is 4.74 Å². The molecule has 0 N–H and O–H groups in total. The highest BCUT2D eigenvalue weighted by Crippen LogP contribution is 2.43. The molecule has 0 spiro atoms. The molecule has 2 unspecified atom stereocenters. The third kappa shape index (κ3) is 5.68. The number of nitrogens with zero attached hydrogens (tertiary/aromatic N) is 5. The van der Waals surface area contributed by atoms with Crippen molar-refractivity contribution in [2.75, 3.05) is 0 Å². The van der Waals surface area contributed by atoms with Crippen LogP contribution in [-0.2, 0) is 0 Å². The summed E-state index contributed by atoms with van der Waals surface area (Å²) in [5.41, 5.74) is 9.13. The molecule has 2 aliphatic rings. The van der Waals surface area contributed by atoms with E-state index in [0.29, 0.717) is 23.3 Å². The lowest BCUT2D eigenvalue weighted by atomic mass is 9.94. The summed E-state index contributed by atoms with van der Waals surface area (Å²) in [6.45, 7) is 0. The summed E-state index contributed by atoms with van der Waals surface area (Å²) in [7, 11) is 0. The Morgan fingerprint density at radius 2 is 0.982 bits per heavy atom. The van der Waals surface area contributed by atoms with E-state index in [-0.39, 0.29) is 12.1 Å². The molecule has 2 aliphatic heterocycles. The molecule has 264 valence electrons. The van der Waals surface area contributed by atoms with Gasteiger partial charge in [-0.15, -0.1) is 11.3 Å². The molecule has 7 heteroatoms. The minimum Gasteiger partial charge on any atom is -0.481 e. The number of hydrogen-bond acceptors (Lipinski definition) is 7. The van der Waals surface area contributed by atoms with Crippen LogP contribution >= 0.6 is 11.3 Å². The van der Waals surface area contributed by atoms with Crippen molar-refractivity contribution < 1.29 is 4.74 Å². The zero-order chi connectivity index (χ0) is 37.0. The number of aromatic nitrogens is 3. The Morgan fingerprint density at radius 1 is 0.429 bits per heavy atom. The fraction of sp³-hybridized carbons (Fsp3) is 0.0408. The zero-order valence-corrected chi connectivity index (χ0v) is 30.8. The smallest absolute Gasteiger partial charge is 0.168 e. The molecule has 0 fully saturated rings. The van der Waals surface area contributed by atoms with Crippen LogP contribution in [0.3, 0.4) is 0 Å². The number of benzene rings is 7. The molecule has 0 bridgehead atoms. The maximum Gasteiger partial charge on any atom is 0.168 e. The van der Waals surface area contributed by atoms with Gasteiger partial charge in [0.2, 0.25) is 0 Å². The summed E-state index contributed by atoms with van der Waals surface area (Å²) in [5, 5.41) is 2.32. The molecular formula is C49H31N5OS. The summed E-state index contributed by atoms with van der Waals surface area (Å²) in [5.74, 6) is 3.49. The van der Waals surface area contributed by atoms with Crippen LogP contribution in [0.25, 0.3) is 65.5 Å². The molecule has 0 radical (unpaired) electrons. The monoisotopic (exact) mass is 737 g/mol. The van der Waals surface area contributed by atoms with Gasteiger partial charge in [-0.25, -0.2) is 19.9 Å². The zero-order valence-electron chi connectivity index (χ0n) is 30.0. The van der Waals surface area contributed by atoms with Gasteiger partial charge in [-0.2, -0.15) is 0 Å². The van der Waals surface area contributed by atoms with Gasteiger partial charge in [-0.05, 0) is 47.0 Å². The topological polar surface area (TPSA) is 72.6 Å². The highest BCUT2D eigenvalue weighted by atomic mass is 32.1. The molecule has 7 aromatic carbocycles. The summed E-state index contributed by atoms with van der Waals surface area (Å²) in [4.78, 5) is 25.4. The first-order valence-electron chi connectivity index (χ1n) is 18.6. The Hall–Kier alpha value is -7.09. The van der Waals surface area contributed by atoms with E-state index in [1.54, 1.807) is 11.3 Å². The number of fused-ring (bicyclic) bond motifs is 6. The van der Waals surface area contributed by atoms with Crippen molar-refractivity contribution in [3.63, 3.8) is 0 Å². The molecule has 0 saturated carbocycles.